The van der Waals surface area contributed by atoms with Gasteiger partial charge in [0.2, 0.25) is 0 Å². The van der Waals surface area contributed by atoms with Crippen molar-refractivity contribution >= 4 is 17.7 Å². The fourth-order valence-electron chi connectivity index (χ4n) is 1.49. The number of hydrogen-bond acceptors (Lipinski definition) is 3. The van der Waals surface area contributed by atoms with Crippen LogP contribution < -0.4 is 0 Å². The second-order valence-electron chi connectivity index (χ2n) is 3.61. The number of halogens is 1. The van der Waals surface area contributed by atoms with Crippen molar-refractivity contribution in [2.75, 3.05) is 19.8 Å². The zero-order valence-corrected chi connectivity index (χ0v) is 9.91. The van der Waals surface area contributed by atoms with Gasteiger partial charge in [-0.3, -0.25) is 0 Å². The molecule has 0 saturated carbocycles. The molecule has 16 heavy (non-hydrogen) atoms. The highest BCUT2D eigenvalue weighted by atomic mass is 35.5. The lowest BCUT2D eigenvalue weighted by molar-refractivity contribution is 0.00833. The maximum atomic E-state index is 6.11. The lowest BCUT2D eigenvalue weighted by Crippen LogP contribution is -2.25. The maximum Gasteiger partial charge on any atom is 0.133 e. The molecule has 86 valence electrons. The normalized spacial score (nSPS) is 16.4. The summed E-state index contributed by atoms with van der Waals surface area (Å²) < 4.78 is 10.2. The Balaban J connectivity index is 2.09. The van der Waals surface area contributed by atoms with Crippen LogP contribution in [0.25, 0.3) is 6.08 Å². The molecule has 3 nitrogen and oxygen atoms in total. The van der Waals surface area contributed by atoms with Gasteiger partial charge in [-0.05, 0) is 24.6 Å². The topological polar surface area (TPSA) is 31.4 Å². The first-order chi connectivity index (χ1) is 7.81. The zero-order chi connectivity index (χ0) is 11.4. The van der Waals surface area contributed by atoms with E-state index in [1.165, 1.54) is 0 Å². The van der Waals surface area contributed by atoms with Gasteiger partial charge in [0.15, 0.2) is 0 Å². The first-order valence-corrected chi connectivity index (χ1v) is 5.71. The van der Waals surface area contributed by atoms with E-state index < -0.39 is 0 Å². The summed E-state index contributed by atoms with van der Waals surface area (Å²) >= 11 is 6.11. The molecule has 1 fully saturated rings. The average Bonchev–Trinajstić information content (AvgIpc) is 2.20. The third-order valence-corrected chi connectivity index (χ3v) is 2.78. The fraction of sp³-hybridized carbons (Fsp3) is 0.417. The second-order valence-corrected chi connectivity index (χ2v) is 3.97. The molecule has 2 rings (SSSR count). The fourth-order valence-corrected chi connectivity index (χ4v) is 1.80. The molecule has 4 heteroatoms. The molecular formula is C12H14ClNO2. The van der Waals surface area contributed by atoms with Gasteiger partial charge in [-0.2, -0.15) is 0 Å². The summed E-state index contributed by atoms with van der Waals surface area (Å²) in [6, 6.07) is 3.95. The van der Waals surface area contributed by atoms with Crippen molar-refractivity contribution in [3.63, 3.8) is 0 Å². The van der Waals surface area contributed by atoms with Crippen LogP contribution in [0, 0.1) is 0 Å². The van der Waals surface area contributed by atoms with Gasteiger partial charge in [-0.25, -0.2) is 4.98 Å². The van der Waals surface area contributed by atoms with Crippen LogP contribution in [0.5, 0.6) is 0 Å². The van der Waals surface area contributed by atoms with Gasteiger partial charge >= 0.3 is 0 Å². The predicted molar refractivity (Wildman–Crippen MR) is 63.5 cm³/mol. The summed E-state index contributed by atoms with van der Waals surface area (Å²) in [5.41, 5.74) is 1.88. The number of nitrogens with zero attached hydrogens (tertiary/aromatic N) is 1. The second kappa shape index (κ2) is 5.32. The van der Waals surface area contributed by atoms with Crippen LogP contribution in [0.3, 0.4) is 0 Å². The highest BCUT2D eigenvalue weighted by molar-refractivity contribution is 6.30. The molecule has 0 atom stereocenters. The summed E-state index contributed by atoms with van der Waals surface area (Å²) in [5.74, 6) is 0.407. The number of hydrogen-bond donors (Lipinski definition) is 0. The molecule has 1 aromatic heterocycles. The molecule has 0 aliphatic carbocycles. The van der Waals surface area contributed by atoms with Crippen LogP contribution in [-0.2, 0) is 9.47 Å². The van der Waals surface area contributed by atoms with E-state index in [9.17, 15) is 0 Å². The van der Waals surface area contributed by atoms with Crippen molar-refractivity contribution in [1.29, 1.82) is 0 Å². The minimum Gasteiger partial charge on any atom is -0.501 e. The van der Waals surface area contributed by atoms with Crippen LogP contribution in [0.15, 0.2) is 18.4 Å². The minimum atomic E-state index is 0.407. The van der Waals surface area contributed by atoms with Gasteiger partial charge in [0.25, 0.3) is 0 Å². The molecule has 0 amide bonds. The molecule has 0 unspecified atom stereocenters. The molecule has 1 aliphatic rings. The standard InChI is InChI=1S/C12H14ClNO2/c1-2-15-6-5-10-3-4-11(12(13)14-10)9-7-16-8-9/h3-6,9H,2,7-8H2,1H3/b6-5+. The monoisotopic (exact) mass is 239 g/mol. The van der Waals surface area contributed by atoms with E-state index in [1.54, 1.807) is 12.3 Å². The SMILES string of the molecule is CCO/C=C/c1ccc(C2COC2)c(Cl)n1. The smallest absolute Gasteiger partial charge is 0.133 e. The van der Waals surface area contributed by atoms with Crippen LogP contribution >= 0.6 is 11.6 Å². The van der Waals surface area contributed by atoms with E-state index in [0.29, 0.717) is 17.7 Å². The third kappa shape index (κ3) is 2.54. The average molecular weight is 240 g/mol. The Kier molecular flexibility index (Phi) is 3.80. The maximum absolute atomic E-state index is 6.11. The number of pyridine rings is 1. The minimum absolute atomic E-state index is 0.407. The summed E-state index contributed by atoms with van der Waals surface area (Å²) in [4.78, 5) is 4.29. The molecular weight excluding hydrogens is 226 g/mol. The van der Waals surface area contributed by atoms with E-state index in [4.69, 9.17) is 21.1 Å². The molecule has 0 bridgehead atoms. The molecule has 0 radical (unpaired) electrons. The Morgan fingerprint density at radius 3 is 2.94 bits per heavy atom. The van der Waals surface area contributed by atoms with Crippen molar-refractivity contribution < 1.29 is 9.47 Å². The number of ether oxygens (including phenoxy) is 2. The Bertz CT molecular complexity index is 389. The lowest BCUT2D eigenvalue weighted by atomic mass is 9.99. The molecule has 0 N–H and O–H groups in total. The largest absolute Gasteiger partial charge is 0.501 e. The van der Waals surface area contributed by atoms with E-state index in [2.05, 4.69) is 4.98 Å². The molecule has 1 aromatic rings. The van der Waals surface area contributed by atoms with E-state index in [-0.39, 0.29) is 0 Å². The van der Waals surface area contributed by atoms with Crippen LogP contribution in [0.2, 0.25) is 5.15 Å². The first kappa shape index (κ1) is 11.4. The highest BCUT2D eigenvalue weighted by Gasteiger charge is 2.23. The molecule has 1 aliphatic heterocycles. The first-order valence-electron chi connectivity index (χ1n) is 5.33. The van der Waals surface area contributed by atoms with E-state index >= 15 is 0 Å². The number of rotatable bonds is 4. The summed E-state index contributed by atoms with van der Waals surface area (Å²) in [6.45, 7) is 4.08. The van der Waals surface area contributed by atoms with Crippen molar-refractivity contribution in [2.45, 2.75) is 12.8 Å². The van der Waals surface area contributed by atoms with Gasteiger partial charge in [0.1, 0.15) is 5.15 Å². The summed E-state index contributed by atoms with van der Waals surface area (Å²) in [5, 5.41) is 0.562. The van der Waals surface area contributed by atoms with Crippen molar-refractivity contribution in [3.8, 4) is 0 Å². The quantitative estimate of drug-likeness (QED) is 0.598. The van der Waals surface area contributed by atoms with E-state index in [0.717, 1.165) is 24.5 Å². The van der Waals surface area contributed by atoms with E-state index in [1.807, 2.05) is 19.1 Å². The van der Waals surface area contributed by atoms with Gasteiger partial charge in [0.05, 0.1) is 31.8 Å². The van der Waals surface area contributed by atoms with Gasteiger partial charge in [0, 0.05) is 5.92 Å². The van der Waals surface area contributed by atoms with Gasteiger partial charge in [-0.15, -0.1) is 0 Å². The highest BCUT2D eigenvalue weighted by Crippen LogP contribution is 2.29. The Hall–Kier alpha value is -1.06. The lowest BCUT2D eigenvalue weighted by Gasteiger charge is -2.26. The Morgan fingerprint density at radius 1 is 1.56 bits per heavy atom. The Labute approximate surface area is 100 Å². The van der Waals surface area contributed by atoms with Crippen molar-refractivity contribution in [2.24, 2.45) is 0 Å². The van der Waals surface area contributed by atoms with Crippen LogP contribution in [-0.4, -0.2) is 24.8 Å². The predicted octanol–water partition coefficient (Wildman–Crippen LogP) is 2.86. The van der Waals surface area contributed by atoms with Crippen LogP contribution in [0.4, 0.5) is 0 Å². The third-order valence-electron chi connectivity index (χ3n) is 2.48. The Morgan fingerprint density at radius 2 is 2.38 bits per heavy atom. The van der Waals surface area contributed by atoms with Gasteiger partial charge < -0.3 is 9.47 Å². The molecule has 2 heterocycles. The number of aromatic nitrogens is 1. The molecule has 0 aromatic carbocycles. The molecule has 0 spiro atoms. The zero-order valence-electron chi connectivity index (χ0n) is 9.15. The van der Waals surface area contributed by atoms with Crippen molar-refractivity contribution in [3.05, 3.63) is 34.8 Å². The van der Waals surface area contributed by atoms with Crippen molar-refractivity contribution in [1.82, 2.24) is 4.98 Å². The molecule has 1 saturated heterocycles. The van der Waals surface area contributed by atoms with Gasteiger partial charge in [-0.1, -0.05) is 17.7 Å². The summed E-state index contributed by atoms with van der Waals surface area (Å²) in [6.07, 6.45) is 3.43. The summed E-state index contributed by atoms with van der Waals surface area (Å²) in [7, 11) is 0. The van der Waals surface area contributed by atoms with Crippen LogP contribution in [0.1, 0.15) is 24.1 Å².